The van der Waals surface area contributed by atoms with Gasteiger partial charge in [-0.15, -0.1) is 0 Å². The molecule has 0 aliphatic rings. The van der Waals surface area contributed by atoms with Crippen molar-refractivity contribution >= 4 is 22.7 Å². The number of nitrogens with one attached hydrogen (secondary N) is 1. The fourth-order valence-corrected chi connectivity index (χ4v) is 1.35. The summed E-state index contributed by atoms with van der Waals surface area (Å²) in [6.45, 7) is 1.89. The van der Waals surface area contributed by atoms with E-state index >= 15 is 0 Å². The third kappa shape index (κ3) is 1.13. The first-order valence-electron chi connectivity index (χ1n) is 3.84. The van der Waals surface area contributed by atoms with Gasteiger partial charge in [0.1, 0.15) is 0 Å². The van der Waals surface area contributed by atoms with E-state index in [2.05, 4.69) is 15.2 Å². The van der Waals surface area contributed by atoms with Crippen LogP contribution in [0.3, 0.4) is 0 Å². The van der Waals surface area contributed by atoms with Crippen molar-refractivity contribution in [1.29, 1.82) is 0 Å². The molecule has 0 unspecified atom stereocenters. The van der Waals surface area contributed by atoms with Crippen LogP contribution in [0.1, 0.15) is 5.69 Å². The number of hydrogen-bond acceptors (Lipinski definition) is 3. The van der Waals surface area contributed by atoms with Crippen molar-refractivity contribution < 1.29 is 4.79 Å². The zero-order chi connectivity index (χ0) is 9.26. The minimum absolute atomic E-state index is 0.610. The fourth-order valence-electron chi connectivity index (χ4n) is 1.35. The van der Waals surface area contributed by atoms with E-state index in [-0.39, 0.29) is 0 Å². The van der Waals surface area contributed by atoms with Gasteiger partial charge in [0.05, 0.1) is 11.2 Å². The van der Waals surface area contributed by atoms with Gasteiger partial charge in [0.15, 0.2) is 0 Å². The lowest BCUT2D eigenvalue weighted by Crippen LogP contribution is -1.71. The Balaban J connectivity index is 2.87. The molecule has 1 aromatic carbocycles. The molecule has 1 heterocycles. The molecule has 4 heteroatoms. The van der Waals surface area contributed by atoms with E-state index in [0.717, 1.165) is 16.6 Å². The quantitative estimate of drug-likeness (QED) is 0.528. The summed E-state index contributed by atoms with van der Waals surface area (Å²) in [6, 6.07) is 5.43. The zero-order valence-electron chi connectivity index (χ0n) is 7.03. The van der Waals surface area contributed by atoms with Crippen LogP contribution >= 0.6 is 0 Å². The molecule has 0 atom stereocenters. The number of fused-ring (bicyclic) bond motifs is 1. The van der Waals surface area contributed by atoms with Crippen LogP contribution in [0.4, 0.5) is 5.69 Å². The van der Waals surface area contributed by atoms with E-state index < -0.39 is 0 Å². The van der Waals surface area contributed by atoms with Crippen LogP contribution < -0.4 is 0 Å². The zero-order valence-corrected chi connectivity index (χ0v) is 7.03. The van der Waals surface area contributed by atoms with Crippen LogP contribution in [0.2, 0.25) is 0 Å². The van der Waals surface area contributed by atoms with E-state index in [1.54, 1.807) is 12.1 Å². The fraction of sp³-hybridized carbons (Fsp3) is 0.111. The maximum Gasteiger partial charge on any atom is 0.240 e. The number of carbonyl (C=O) groups excluding carboxylic acids is 1. The lowest BCUT2D eigenvalue weighted by molar-refractivity contribution is 0.565. The molecular formula is C9H7N3O. The number of aliphatic imine (C=N–C) groups is 1. The van der Waals surface area contributed by atoms with Gasteiger partial charge in [0.25, 0.3) is 0 Å². The predicted molar refractivity (Wildman–Crippen MR) is 48.6 cm³/mol. The lowest BCUT2D eigenvalue weighted by Gasteiger charge is -1.92. The average Bonchev–Trinajstić information content (AvgIpc) is 2.50. The Morgan fingerprint density at radius 3 is 3.15 bits per heavy atom. The molecule has 1 N–H and O–H groups in total. The first-order valence-corrected chi connectivity index (χ1v) is 3.84. The molecule has 0 aliphatic carbocycles. The Morgan fingerprint density at radius 2 is 2.38 bits per heavy atom. The van der Waals surface area contributed by atoms with Gasteiger partial charge in [-0.3, -0.25) is 5.10 Å². The van der Waals surface area contributed by atoms with Crippen molar-refractivity contribution in [2.24, 2.45) is 4.99 Å². The van der Waals surface area contributed by atoms with Gasteiger partial charge < -0.3 is 0 Å². The number of rotatable bonds is 1. The molecule has 0 spiro atoms. The summed E-state index contributed by atoms with van der Waals surface area (Å²) >= 11 is 0. The van der Waals surface area contributed by atoms with Gasteiger partial charge in [0, 0.05) is 11.1 Å². The van der Waals surface area contributed by atoms with E-state index in [1.807, 2.05) is 13.0 Å². The Kier molecular flexibility index (Phi) is 1.69. The van der Waals surface area contributed by atoms with Crippen LogP contribution in [-0.4, -0.2) is 16.3 Å². The number of isocyanates is 1. The molecule has 0 fully saturated rings. The summed E-state index contributed by atoms with van der Waals surface area (Å²) in [5.41, 5.74) is 2.33. The number of aromatic amines is 1. The molecule has 0 aliphatic heterocycles. The lowest BCUT2D eigenvalue weighted by atomic mass is 10.2. The van der Waals surface area contributed by atoms with Crippen LogP contribution in [0.5, 0.6) is 0 Å². The topological polar surface area (TPSA) is 58.1 Å². The first-order chi connectivity index (χ1) is 6.33. The third-order valence-corrected chi connectivity index (χ3v) is 1.91. The number of benzene rings is 1. The van der Waals surface area contributed by atoms with Gasteiger partial charge in [0.2, 0.25) is 6.08 Å². The Hall–Kier alpha value is -1.93. The second kappa shape index (κ2) is 2.84. The summed E-state index contributed by atoms with van der Waals surface area (Å²) in [6.07, 6.45) is 1.53. The van der Waals surface area contributed by atoms with Crippen molar-refractivity contribution in [3.05, 3.63) is 23.9 Å². The van der Waals surface area contributed by atoms with E-state index in [1.165, 1.54) is 6.08 Å². The van der Waals surface area contributed by atoms with Crippen LogP contribution in [0.15, 0.2) is 23.2 Å². The Labute approximate surface area is 74.3 Å². The number of H-pyrrole nitrogens is 1. The van der Waals surface area contributed by atoms with Crippen LogP contribution in [0.25, 0.3) is 10.9 Å². The average molecular weight is 173 g/mol. The standard InChI is InChI=1S/C9H7N3O/c1-6-9-7(10-5-13)3-2-4-8(9)12-11-6/h2-4H,1H3,(H,11,12). The number of hydrogen-bond donors (Lipinski definition) is 1. The molecule has 13 heavy (non-hydrogen) atoms. The minimum Gasteiger partial charge on any atom is -0.282 e. The van der Waals surface area contributed by atoms with Crippen molar-refractivity contribution in [3.63, 3.8) is 0 Å². The largest absolute Gasteiger partial charge is 0.282 e. The van der Waals surface area contributed by atoms with Gasteiger partial charge >= 0.3 is 0 Å². The SMILES string of the molecule is Cc1[nH]nc2cccc(N=C=O)c12. The third-order valence-electron chi connectivity index (χ3n) is 1.91. The molecule has 1 aromatic heterocycles. The van der Waals surface area contributed by atoms with Gasteiger partial charge in [-0.2, -0.15) is 10.1 Å². The second-order valence-electron chi connectivity index (χ2n) is 2.72. The summed E-state index contributed by atoms with van der Waals surface area (Å²) in [7, 11) is 0. The Bertz CT molecular complexity index is 495. The maximum absolute atomic E-state index is 10.1. The molecule has 4 nitrogen and oxygen atoms in total. The van der Waals surface area contributed by atoms with Gasteiger partial charge in [-0.1, -0.05) is 6.07 Å². The van der Waals surface area contributed by atoms with Crippen molar-refractivity contribution in [3.8, 4) is 0 Å². The number of nitrogens with zero attached hydrogens (tertiary/aromatic N) is 2. The highest BCUT2D eigenvalue weighted by molar-refractivity contribution is 5.92. The summed E-state index contributed by atoms with van der Waals surface area (Å²) < 4.78 is 0. The monoisotopic (exact) mass is 173 g/mol. The minimum atomic E-state index is 0.610. The van der Waals surface area contributed by atoms with Gasteiger partial charge in [-0.25, -0.2) is 4.79 Å². The summed E-state index contributed by atoms with van der Waals surface area (Å²) in [5.74, 6) is 0. The highest BCUT2D eigenvalue weighted by Gasteiger charge is 2.04. The molecule has 64 valence electrons. The number of aromatic nitrogens is 2. The summed E-state index contributed by atoms with van der Waals surface area (Å²) in [4.78, 5) is 13.7. The molecule has 0 saturated carbocycles. The molecule has 2 aromatic rings. The molecule has 2 rings (SSSR count). The smallest absolute Gasteiger partial charge is 0.240 e. The van der Waals surface area contributed by atoms with Crippen LogP contribution in [0, 0.1) is 6.92 Å². The summed E-state index contributed by atoms with van der Waals surface area (Å²) in [5, 5.41) is 7.76. The highest BCUT2D eigenvalue weighted by atomic mass is 16.1. The molecule has 0 radical (unpaired) electrons. The molecule has 0 saturated heterocycles. The van der Waals surface area contributed by atoms with Crippen molar-refractivity contribution in [2.45, 2.75) is 6.92 Å². The highest BCUT2D eigenvalue weighted by Crippen LogP contribution is 2.26. The van der Waals surface area contributed by atoms with E-state index in [9.17, 15) is 4.79 Å². The molecular weight excluding hydrogens is 166 g/mol. The first kappa shape index (κ1) is 7.71. The Morgan fingerprint density at radius 1 is 1.54 bits per heavy atom. The van der Waals surface area contributed by atoms with E-state index in [0.29, 0.717) is 5.69 Å². The van der Waals surface area contributed by atoms with Crippen LogP contribution in [-0.2, 0) is 4.79 Å². The number of aryl methyl sites for hydroxylation is 1. The normalized spacial score (nSPS) is 9.92. The van der Waals surface area contributed by atoms with Crippen molar-refractivity contribution in [1.82, 2.24) is 10.2 Å². The molecule has 0 amide bonds. The second-order valence-corrected chi connectivity index (χ2v) is 2.72. The van der Waals surface area contributed by atoms with Gasteiger partial charge in [-0.05, 0) is 19.1 Å². The maximum atomic E-state index is 10.1. The van der Waals surface area contributed by atoms with E-state index in [4.69, 9.17) is 0 Å². The predicted octanol–water partition coefficient (Wildman–Crippen LogP) is 1.84. The molecule has 0 bridgehead atoms. The van der Waals surface area contributed by atoms with Crippen molar-refractivity contribution in [2.75, 3.05) is 0 Å².